The first kappa shape index (κ1) is 17.3. The van der Waals surface area contributed by atoms with Gasteiger partial charge in [0.1, 0.15) is 12.4 Å². The van der Waals surface area contributed by atoms with Crippen molar-refractivity contribution in [2.75, 3.05) is 19.7 Å². The third-order valence-corrected chi connectivity index (χ3v) is 3.90. The molecule has 0 fully saturated rings. The van der Waals surface area contributed by atoms with E-state index in [2.05, 4.69) is 33.2 Å². The van der Waals surface area contributed by atoms with Gasteiger partial charge in [0.05, 0.1) is 18.7 Å². The van der Waals surface area contributed by atoms with Crippen molar-refractivity contribution >= 4 is 34.4 Å². The Bertz CT molecular complexity index is 662. The van der Waals surface area contributed by atoms with Gasteiger partial charge in [-0.05, 0) is 46.9 Å². The molecule has 0 saturated carbocycles. The Balaban J connectivity index is 1.65. The van der Waals surface area contributed by atoms with Gasteiger partial charge in [0.25, 0.3) is 5.91 Å². The van der Waals surface area contributed by atoms with Crippen LogP contribution in [0.25, 0.3) is 0 Å². The van der Waals surface area contributed by atoms with Crippen molar-refractivity contribution in [1.29, 1.82) is 0 Å². The van der Waals surface area contributed by atoms with Crippen molar-refractivity contribution in [1.82, 2.24) is 10.6 Å². The zero-order valence-electron chi connectivity index (χ0n) is 12.4. The van der Waals surface area contributed by atoms with Gasteiger partial charge in [-0.25, -0.2) is 0 Å². The molecule has 0 spiro atoms. The molecule has 0 saturated heterocycles. The average Bonchev–Trinajstić information content (AvgIpc) is 2.58. The fraction of sp³-hybridized carbons (Fsp3) is 0.176. The fourth-order valence-corrected chi connectivity index (χ4v) is 2.47. The third kappa shape index (κ3) is 5.90. The van der Waals surface area contributed by atoms with Crippen molar-refractivity contribution < 1.29 is 14.3 Å². The van der Waals surface area contributed by atoms with Crippen LogP contribution in [0.15, 0.2) is 54.6 Å². The Morgan fingerprint density at radius 1 is 0.957 bits per heavy atom. The number of nitrogens with one attached hydrogen (secondary N) is 2. The van der Waals surface area contributed by atoms with Crippen LogP contribution in [0.3, 0.4) is 0 Å². The number of hydrogen-bond acceptors (Lipinski definition) is 3. The van der Waals surface area contributed by atoms with Gasteiger partial charge in [-0.1, -0.05) is 30.3 Å². The predicted octanol–water partition coefficient (Wildman–Crippen LogP) is 2.22. The van der Waals surface area contributed by atoms with Gasteiger partial charge in [0.2, 0.25) is 5.91 Å². The van der Waals surface area contributed by atoms with Crippen molar-refractivity contribution in [2.24, 2.45) is 0 Å². The summed E-state index contributed by atoms with van der Waals surface area (Å²) >= 11 is 2.09. The zero-order valence-corrected chi connectivity index (χ0v) is 14.6. The summed E-state index contributed by atoms with van der Waals surface area (Å²) in [6.07, 6.45) is 0. The average molecular weight is 424 g/mol. The lowest BCUT2D eigenvalue weighted by molar-refractivity contribution is -0.120. The summed E-state index contributed by atoms with van der Waals surface area (Å²) in [5.74, 6) is 0.250. The van der Waals surface area contributed by atoms with E-state index in [1.165, 1.54) is 0 Å². The largest absolute Gasteiger partial charge is 0.492 e. The Morgan fingerprint density at radius 2 is 1.65 bits per heavy atom. The number of hydrogen-bond donors (Lipinski definition) is 2. The van der Waals surface area contributed by atoms with Gasteiger partial charge < -0.3 is 15.4 Å². The van der Waals surface area contributed by atoms with Crippen LogP contribution in [-0.2, 0) is 4.79 Å². The summed E-state index contributed by atoms with van der Waals surface area (Å²) in [5.41, 5.74) is 0.563. The molecule has 0 aromatic heterocycles. The molecule has 2 aromatic carbocycles. The molecule has 0 bridgehead atoms. The predicted molar refractivity (Wildman–Crippen MR) is 96.4 cm³/mol. The second-order valence-corrected chi connectivity index (χ2v) is 5.84. The quantitative estimate of drug-likeness (QED) is 0.529. The van der Waals surface area contributed by atoms with E-state index in [-0.39, 0.29) is 18.4 Å². The van der Waals surface area contributed by atoms with E-state index in [4.69, 9.17) is 4.74 Å². The Hall–Kier alpha value is -2.09. The maximum atomic E-state index is 12.0. The number of carbonyl (C=O) groups is 2. The Labute approximate surface area is 148 Å². The van der Waals surface area contributed by atoms with Crippen LogP contribution in [0.5, 0.6) is 5.75 Å². The lowest BCUT2D eigenvalue weighted by Crippen LogP contribution is -2.38. The first-order chi connectivity index (χ1) is 11.2. The zero-order chi connectivity index (χ0) is 16.5. The molecule has 0 atom stereocenters. The van der Waals surface area contributed by atoms with E-state index in [1.807, 2.05) is 42.5 Å². The molecule has 2 aromatic rings. The number of ether oxygens (including phenoxy) is 1. The van der Waals surface area contributed by atoms with Crippen molar-refractivity contribution in [2.45, 2.75) is 0 Å². The van der Waals surface area contributed by atoms with E-state index in [0.717, 1.165) is 9.32 Å². The Morgan fingerprint density at radius 3 is 2.39 bits per heavy atom. The van der Waals surface area contributed by atoms with Crippen molar-refractivity contribution in [3.05, 3.63) is 63.7 Å². The van der Waals surface area contributed by atoms with E-state index < -0.39 is 0 Å². The van der Waals surface area contributed by atoms with Crippen LogP contribution in [-0.4, -0.2) is 31.5 Å². The molecule has 2 N–H and O–H groups in total. The standard InChI is InChI=1S/C17H17IN2O3/c18-15-9-5-4-8-14(15)17(22)20-12-16(21)19-10-11-23-13-6-2-1-3-7-13/h1-9H,10-12H2,(H,19,21)(H,20,22). The van der Waals surface area contributed by atoms with E-state index in [9.17, 15) is 9.59 Å². The molecule has 6 heteroatoms. The summed E-state index contributed by atoms with van der Waals surface area (Å²) in [6.45, 7) is 0.696. The number of para-hydroxylation sites is 1. The number of amides is 2. The van der Waals surface area contributed by atoms with Gasteiger partial charge in [0.15, 0.2) is 0 Å². The highest BCUT2D eigenvalue weighted by Crippen LogP contribution is 2.10. The maximum absolute atomic E-state index is 12.0. The van der Waals surface area contributed by atoms with Crippen LogP contribution in [0, 0.1) is 3.57 Å². The van der Waals surface area contributed by atoms with E-state index in [0.29, 0.717) is 18.7 Å². The van der Waals surface area contributed by atoms with Crippen LogP contribution < -0.4 is 15.4 Å². The summed E-state index contributed by atoms with van der Waals surface area (Å²) in [5, 5.41) is 5.30. The molecule has 0 aliphatic carbocycles. The highest BCUT2D eigenvalue weighted by Gasteiger charge is 2.10. The minimum absolute atomic E-state index is 0.0604. The Kier molecular flexibility index (Phi) is 6.86. The van der Waals surface area contributed by atoms with Crippen LogP contribution >= 0.6 is 22.6 Å². The van der Waals surface area contributed by atoms with Crippen LogP contribution in [0.4, 0.5) is 0 Å². The van der Waals surface area contributed by atoms with E-state index >= 15 is 0 Å². The lowest BCUT2D eigenvalue weighted by atomic mass is 10.2. The highest BCUT2D eigenvalue weighted by atomic mass is 127. The minimum Gasteiger partial charge on any atom is -0.492 e. The first-order valence-electron chi connectivity index (χ1n) is 7.14. The molecule has 120 valence electrons. The summed E-state index contributed by atoms with van der Waals surface area (Å²) in [6, 6.07) is 16.6. The van der Waals surface area contributed by atoms with Gasteiger partial charge in [0, 0.05) is 3.57 Å². The van der Waals surface area contributed by atoms with Crippen LogP contribution in [0.1, 0.15) is 10.4 Å². The molecule has 23 heavy (non-hydrogen) atoms. The number of rotatable bonds is 7. The lowest BCUT2D eigenvalue weighted by Gasteiger charge is -2.09. The number of halogens is 1. The molecule has 0 heterocycles. The SMILES string of the molecule is O=C(CNC(=O)c1ccccc1I)NCCOc1ccccc1. The smallest absolute Gasteiger partial charge is 0.252 e. The number of carbonyl (C=O) groups excluding carboxylic acids is 2. The topological polar surface area (TPSA) is 67.4 Å². The normalized spacial score (nSPS) is 9.96. The summed E-state index contributed by atoms with van der Waals surface area (Å²) in [4.78, 5) is 23.7. The molecule has 5 nitrogen and oxygen atoms in total. The highest BCUT2D eigenvalue weighted by molar-refractivity contribution is 14.1. The van der Waals surface area contributed by atoms with Crippen molar-refractivity contribution in [3.63, 3.8) is 0 Å². The molecule has 0 aliphatic rings. The molecular formula is C17H17IN2O3. The second kappa shape index (κ2) is 9.14. The molecule has 0 unspecified atom stereocenters. The number of benzene rings is 2. The van der Waals surface area contributed by atoms with Gasteiger partial charge in [-0.3, -0.25) is 9.59 Å². The second-order valence-electron chi connectivity index (χ2n) is 4.67. The van der Waals surface area contributed by atoms with Crippen molar-refractivity contribution in [3.8, 4) is 5.75 Å². The molecule has 0 radical (unpaired) electrons. The van der Waals surface area contributed by atoms with Gasteiger partial charge >= 0.3 is 0 Å². The molecule has 0 aliphatic heterocycles. The monoisotopic (exact) mass is 424 g/mol. The third-order valence-electron chi connectivity index (χ3n) is 2.96. The minimum atomic E-state index is -0.259. The first-order valence-corrected chi connectivity index (χ1v) is 8.22. The molecule has 2 amide bonds. The molecule has 2 rings (SSSR count). The summed E-state index contributed by atoms with van der Waals surface area (Å²) in [7, 11) is 0. The molecular weight excluding hydrogens is 407 g/mol. The van der Waals surface area contributed by atoms with Gasteiger partial charge in [-0.15, -0.1) is 0 Å². The van der Waals surface area contributed by atoms with Gasteiger partial charge in [-0.2, -0.15) is 0 Å². The fourth-order valence-electron chi connectivity index (χ4n) is 1.84. The van der Waals surface area contributed by atoms with E-state index in [1.54, 1.807) is 12.1 Å². The summed E-state index contributed by atoms with van der Waals surface area (Å²) < 4.78 is 6.31. The van der Waals surface area contributed by atoms with Crippen LogP contribution in [0.2, 0.25) is 0 Å². The maximum Gasteiger partial charge on any atom is 0.252 e.